The summed E-state index contributed by atoms with van der Waals surface area (Å²) in [5, 5.41) is 4.13. The van der Waals surface area contributed by atoms with Crippen molar-refractivity contribution < 1.29 is 18.9 Å². The van der Waals surface area contributed by atoms with Gasteiger partial charge in [0.25, 0.3) is 0 Å². The van der Waals surface area contributed by atoms with Gasteiger partial charge >= 0.3 is 0 Å². The fraction of sp³-hybridized carbons (Fsp3) is 0.462. The number of hydrogen-bond acceptors (Lipinski definition) is 4. The average Bonchev–Trinajstić information content (AvgIpc) is 2.78. The molecule has 0 radical (unpaired) electrons. The van der Waals surface area contributed by atoms with Crippen LogP contribution in [0.5, 0.6) is 23.0 Å². The van der Waals surface area contributed by atoms with Crippen molar-refractivity contribution >= 4 is 21.5 Å². The highest BCUT2D eigenvalue weighted by atomic mass is 16.5. The smallest absolute Gasteiger partial charge is 0.135 e. The molecule has 0 aliphatic heterocycles. The second-order valence-corrected chi connectivity index (χ2v) is 7.47. The lowest BCUT2D eigenvalue weighted by Gasteiger charge is -2.19. The fourth-order valence-corrected chi connectivity index (χ4v) is 3.45. The molecule has 0 N–H and O–H groups in total. The highest BCUT2D eigenvalue weighted by Crippen LogP contribution is 2.45. The zero-order valence-corrected chi connectivity index (χ0v) is 18.8. The Labute approximate surface area is 180 Å². The number of hydrogen-bond donors (Lipinski definition) is 0. The zero-order chi connectivity index (χ0) is 21.3. The lowest BCUT2D eigenvalue weighted by atomic mass is 9.99. The van der Waals surface area contributed by atoms with E-state index in [2.05, 4.69) is 52.0 Å². The predicted molar refractivity (Wildman–Crippen MR) is 125 cm³/mol. The fourth-order valence-electron chi connectivity index (χ4n) is 3.45. The molecule has 0 aromatic heterocycles. The summed E-state index contributed by atoms with van der Waals surface area (Å²) >= 11 is 0. The van der Waals surface area contributed by atoms with E-state index in [4.69, 9.17) is 18.9 Å². The Hall–Kier alpha value is -2.62. The van der Waals surface area contributed by atoms with E-state index in [0.29, 0.717) is 26.4 Å². The van der Waals surface area contributed by atoms with Crippen LogP contribution in [0.3, 0.4) is 0 Å². The molecule has 162 valence electrons. The van der Waals surface area contributed by atoms with E-state index < -0.39 is 0 Å². The Morgan fingerprint density at radius 3 is 1.20 bits per heavy atom. The van der Waals surface area contributed by atoms with E-state index in [1.807, 2.05) is 12.1 Å². The molecule has 4 heteroatoms. The van der Waals surface area contributed by atoms with E-state index >= 15 is 0 Å². The molecule has 0 fully saturated rings. The van der Waals surface area contributed by atoms with Crippen molar-refractivity contribution in [3.63, 3.8) is 0 Å². The van der Waals surface area contributed by atoms with Gasteiger partial charge in [-0.05, 0) is 62.1 Å². The van der Waals surface area contributed by atoms with E-state index in [1.54, 1.807) is 0 Å². The molecule has 0 atom stereocenters. The summed E-state index contributed by atoms with van der Waals surface area (Å²) in [6.45, 7) is 11.2. The van der Waals surface area contributed by atoms with Crippen LogP contribution >= 0.6 is 0 Å². The van der Waals surface area contributed by atoms with Gasteiger partial charge in [0.1, 0.15) is 23.0 Å². The third-order valence-electron chi connectivity index (χ3n) is 4.81. The minimum Gasteiger partial charge on any atom is -0.494 e. The van der Waals surface area contributed by atoms with Crippen molar-refractivity contribution in [2.45, 2.75) is 53.4 Å². The van der Waals surface area contributed by atoms with Crippen molar-refractivity contribution in [3.05, 3.63) is 36.4 Å². The van der Waals surface area contributed by atoms with E-state index in [9.17, 15) is 0 Å². The minimum atomic E-state index is 0.660. The molecular weight excluding hydrogens is 376 g/mol. The Morgan fingerprint density at radius 1 is 0.467 bits per heavy atom. The molecule has 0 unspecified atom stereocenters. The van der Waals surface area contributed by atoms with Gasteiger partial charge in [0.05, 0.1) is 26.4 Å². The molecule has 3 rings (SSSR count). The van der Waals surface area contributed by atoms with Crippen molar-refractivity contribution in [2.75, 3.05) is 26.4 Å². The maximum atomic E-state index is 6.27. The highest BCUT2D eigenvalue weighted by Gasteiger charge is 2.18. The molecule has 0 saturated carbocycles. The lowest BCUT2D eigenvalue weighted by Crippen LogP contribution is -2.02. The van der Waals surface area contributed by atoms with Crippen LogP contribution in [0, 0.1) is 0 Å². The monoisotopic (exact) mass is 410 g/mol. The Morgan fingerprint density at radius 2 is 0.833 bits per heavy atom. The van der Waals surface area contributed by atoms with Gasteiger partial charge in [-0.3, -0.25) is 0 Å². The van der Waals surface area contributed by atoms with E-state index in [0.717, 1.165) is 70.2 Å². The third-order valence-corrected chi connectivity index (χ3v) is 4.81. The van der Waals surface area contributed by atoms with E-state index in [1.165, 1.54) is 0 Å². The predicted octanol–water partition coefficient (Wildman–Crippen LogP) is 7.15. The summed E-state index contributed by atoms with van der Waals surface area (Å²) < 4.78 is 24.3. The quantitative estimate of drug-likeness (QED) is 0.297. The molecule has 0 aliphatic rings. The highest BCUT2D eigenvalue weighted by molar-refractivity contribution is 6.11. The second-order valence-electron chi connectivity index (χ2n) is 7.47. The molecule has 3 aromatic rings. The summed E-state index contributed by atoms with van der Waals surface area (Å²) in [6, 6.07) is 12.4. The topological polar surface area (TPSA) is 36.9 Å². The van der Waals surface area contributed by atoms with Crippen LogP contribution in [0.25, 0.3) is 21.5 Å². The molecule has 4 nitrogen and oxygen atoms in total. The molecule has 0 bridgehead atoms. The average molecular weight is 411 g/mol. The normalized spacial score (nSPS) is 11.1. The summed E-state index contributed by atoms with van der Waals surface area (Å²) in [6.07, 6.45) is 3.84. The van der Waals surface area contributed by atoms with Gasteiger partial charge in [-0.25, -0.2) is 0 Å². The molecule has 30 heavy (non-hydrogen) atoms. The number of ether oxygens (including phenoxy) is 4. The van der Waals surface area contributed by atoms with Crippen LogP contribution in [-0.2, 0) is 0 Å². The van der Waals surface area contributed by atoms with Crippen LogP contribution in [0.2, 0.25) is 0 Å². The van der Waals surface area contributed by atoms with Crippen LogP contribution in [0.1, 0.15) is 53.4 Å². The van der Waals surface area contributed by atoms with Gasteiger partial charge in [-0.1, -0.05) is 27.7 Å². The summed E-state index contributed by atoms with van der Waals surface area (Å²) in [7, 11) is 0. The number of benzene rings is 3. The van der Waals surface area contributed by atoms with Crippen molar-refractivity contribution in [1.82, 2.24) is 0 Å². The molecule has 3 aromatic carbocycles. The van der Waals surface area contributed by atoms with Gasteiger partial charge in [0.15, 0.2) is 0 Å². The first-order chi connectivity index (χ1) is 14.7. The molecule has 0 spiro atoms. The SMILES string of the molecule is CCCOc1ccc2c(OCCC)c3cc(OCCC)ccc3c(OCCC)c2c1. The number of rotatable bonds is 12. The Balaban J connectivity index is 2.25. The Bertz CT molecular complexity index is 885. The van der Waals surface area contributed by atoms with Crippen LogP contribution in [0.15, 0.2) is 36.4 Å². The standard InChI is InChI=1S/C26H34O4/c1-5-13-27-19-9-11-21-23(17-19)25(29-15-7-3)22-12-10-20(28-14-6-2)18-24(22)26(21)30-16-8-4/h9-12,17-18H,5-8,13-16H2,1-4H3. The van der Waals surface area contributed by atoms with Crippen LogP contribution in [-0.4, -0.2) is 26.4 Å². The maximum absolute atomic E-state index is 6.27. The maximum Gasteiger partial charge on any atom is 0.135 e. The van der Waals surface area contributed by atoms with Gasteiger partial charge in [-0.15, -0.1) is 0 Å². The first-order valence-corrected chi connectivity index (χ1v) is 11.3. The molecule has 0 heterocycles. The van der Waals surface area contributed by atoms with Crippen LogP contribution in [0.4, 0.5) is 0 Å². The molecule has 0 amide bonds. The van der Waals surface area contributed by atoms with Crippen molar-refractivity contribution in [1.29, 1.82) is 0 Å². The molecular formula is C26H34O4. The number of fused-ring (bicyclic) bond motifs is 2. The summed E-state index contributed by atoms with van der Waals surface area (Å²) in [5.74, 6) is 3.48. The summed E-state index contributed by atoms with van der Waals surface area (Å²) in [5.41, 5.74) is 0. The summed E-state index contributed by atoms with van der Waals surface area (Å²) in [4.78, 5) is 0. The van der Waals surface area contributed by atoms with Crippen molar-refractivity contribution in [2.24, 2.45) is 0 Å². The molecule has 0 aliphatic carbocycles. The zero-order valence-electron chi connectivity index (χ0n) is 18.8. The van der Waals surface area contributed by atoms with Gasteiger partial charge < -0.3 is 18.9 Å². The minimum absolute atomic E-state index is 0.660. The third kappa shape index (κ3) is 4.92. The van der Waals surface area contributed by atoms with Crippen molar-refractivity contribution in [3.8, 4) is 23.0 Å². The van der Waals surface area contributed by atoms with E-state index in [-0.39, 0.29) is 0 Å². The van der Waals surface area contributed by atoms with Crippen LogP contribution < -0.4 is 18.9 Å². The van der Waals surface area contributed by atoms with Gasteiger partial charge in [0, 0.05) is 21.5 Å². The van der Waals surface area contributed by atoms with Gasteiger partial charge in [0.2, 0.25) is 0 Å². The lowest BCUT2D eigenvalue weighted by molar-refractivity contribution is 0.313. The Kier molecular flexibility index (Phi) is 8.06. The first kappa shape index (κ1) is 22.1. The largest absolute Gasteiger partial charge is 0.494 e. The van der Waals surface area contributed by atoms with Gasteiger partial charge in [-0.2, -0.15) is 0 Å². The first-order valence-electron chi connectivity index (χ1n) is 11.3. The second kappa shape index (κ2) is 11.0. The molecule has 0 saturated heterocycles.